The molecule has 2 aromatic carbocycles. The van der Waals surface area contributed by atoms with Crippen LogP contribution in [-0.2, 0) is 9.59 Å². The number of rotatable bonds is 4. The van der Waals surface area contributed by atoms with E-state index < -0.39 is 23.8 Å². The number of aliphatic carboxylic acids is 2. The highest BCUT2D eigenvalue weighted by Crippen LogP contribution is 2.43. The Labute approximate surface area is 140 Å². The van der Waals surface area contributed by atoms with Gasteiger partial charge >= 0.3 is 11.9 Å². The number of hydrogen-bond donors (Lipinski definition) is 2. The first-order valence-electron chi connectivity index (χ1n) is 7.86. The molecule has 0 aliphatic heterocycles. The van der Waals surface area contributed by atoms with E-state index in [9.17, 15) is 19.8 Å². The van der Waals surface area contributed by atoms with E-state index in [1.165, 1.54) is 0 Å². The van der Waals surface area contributed by atoms with Crippen molar-refractivity contribution in [1.29, 1.82) is 0 Å². The van der Waals surface area contributed by atoms with E-state index in [0.29, 0.717) is 0 Å². The summed E-state index contributed by atoms with van der Waals surface area (Å²) in [5.74, 6) is -3.93. The Morgan fingerprint density at radius 2 is 1.00 bits per heavy atom. The van der Waals surface area contributed by atoms with Crippen molar-refractivity contribution >= 4 is 23.1 Å². The highest BCUT2D eigenvalue weighted by molar-refractivity contribution is 5.96. The Bertz CT molecular complexity index is 710. The van der Waals surface area contributed by atoms with E-state index in [2.05, 4.69) is 0 Å². The van der Waals surface area contributed by atoms with Crippen molar-refractivity contribution in [2.24, 2.45) is 11.8 Å². The summed E-state index contributed by atoms with van der Waals surface area (Å²) in [7, 11) is 0. The van der Waals surface area contributed by atoms with Gasteiger partial charge in [-0.2, -0.15) is 0 Å². The van der Waals surface area contributed by atoms with E-state index in [-0.39, 0.29) is 12.8 Å². The molecule has 2 atom stereocenters. The molecule has 0 radical (unpaired) electrons. The van der Waals surface area contributed by atoms with Gasteiger partial charge in [0.15, 0.2) is 0 Å². The van der Waals surface area contributed by atoms with Gasteiger partial charge in [-0.3, -0.25) is 9.59 Å². The lowest BCUT2D eigenvalue weighted by Gasteiger charge is -2.30. The predicted molar refractivity (Wildman–Crippen MR) is 91.2 cm³/mol. The largest absolute Gasteiger partial charge is 0.481 e. The highest BCUT2D eigenvalue weighted by Gasteiger charge is 2.39. The maximum Gasteiger partial charge on any atom is 0.307 e. The average Bonchev–Trinajstić information content (AvgIpc) is 2.62. The fourth-order valence-electron chi connectivity index (χ4n) is 3.35. The van der Waals surface area contributed by atoms with E-state index in [1.54, 1.807) is 0 Å². The quantitative estimate of drug-likeness (QED) is 0.898. The Hall–Kier alpha value is -2.88. The van der Waals surface area contributed by atoms with Gasteiger partial charge < -0.3 is 10.2 Å². The molecule has 3 rings (SSSR count). The van der Waals surface area contributed by atoms with Gasteiger partial charge in [0.1, 0.15) is 0 Å². The molecule has 0 saturated carbocycles. The average molecular weight is 322 g/mol. The summed E-state index contributed by atoms with van der Waals surface area (Å²) in [5, 5.41) is 19.0. The summed E-state index contributed by atoms with van der Waals surface area (Å²) < 4.78 is 0. The monoisotopic (exact) mass is 322 g/mol. The summed E-state index contributed by atoms with van der Waals surface area (Å²) in [6.07, 6.45) is 0.446. The lowest BCUT2D eigenvalue weighted by molar-refractivity contribution is -0.153. The number of carboxylic acids is 2. The van der Waals surface area contributed by atoms with Crippen LogP contribution >= 0.6 is 0 Å². The molecule has 4 heteroatoms. The minimum absolute atomic E-state index is 0.223. The molecule has 0 amide bonds. The van der Waals surface area contributed by atoms with Gasteiger partial charge in [-0.15, -0.1) is 0 Å². The Kier molecular flexibility index (Phi) is 4.47. The molecule has 4 nitrogen and oxygen atoms in total. The molecule has 1 aliphatic rings. The summed E-state index contributed by atoms with van der Waals surface area (Å²) in [5.41, 5.74) is 3.75. The van der Waals surface area contributed by atoms with Gasteiger partial charge in [-0.25, -0.2) is 0 Å². The minimum atomic E-state index is -1.05. The Morgan fingerprint density at radius 3 is 1.29 bits per heavy atom. The van der Waals surface area contributed by atoms with Crippen molar-refractivity contribution in [2.75, 3.05) is 0 Å². The van der Waals surface area contributed by atoms with Crippen molar-refractivity contribution in [3.05, 3.63) is 71.8 Å². The first kappa shape index (κ1) is 16.0. The van der Waals surface area contributed by atoms with E-state index >= 15 is 0 Å². The SMILES string of the molecule is O=C(O)[C@@H]1CC(c2ccccc2)=C(c2ccccc2)C[C@H]1C(=O)O. The molecular weight excluding hydrogens is 304 g/mol. The van der Waals surface area contributed by atoms with Gasteiger partial charge in [-0.1, -0.05) is 60.7 Å². The highest BCUT2D eigenvalue weighted by atomic mass is 16.4. The van der Waals surface area contributed by atoms with Gasteiger partial charge in [-0.05, 0) is 35.1 Å². The predicted octanol–water partition coefficient (Wildman–Crippen LogP) is 3.79. The normalized spacial score (nSPS) is 20.7. The van der Waals surface area contributed by atoms with Crippen LogP contribution in [0.5, 0.6) is 0 Å². The van der Waals surface area contributed by atoms with Crippen molar-refractivity contribution in [3.63, 3.8) is 0 Å². The second-order valence-electron chi connectivity index (χ2n) is 5.99. The molecule has 0 saturated heterocycles. The van der Waals surface area contributed by atoms with Crippen LogP contribution in [0, 0.1) is 11.8 Å². The standard InChI is InChI=1S/C20H18O4/c21-19(22)17-11-15(13-7-3-1-4-8-13)16(12-18(17)20(23)24)14-9-5-2-6-10-14/h1-10,17-18H,11-12H2,(H,21,22)(H,23,24)/t17-,18-/m1/s1. The van der Waals surface area contributed by atoms with Crippen molar-refractivity contribution < 1.29 is 19.8 Å². The maximum absolute atomic E-state index is 11.6. The summed E-state index contributed by atoms with van der Waals surface area (Å²) in [4.78, 5) is 23.2. The van der Waals surface area contributed by atoms with Gasteiger partial charge in [0.2, 0.25) is 0 Å². The molecule has 0 unspecified atom stereocenters. The summed E-state index contributed by atoms with van der Waals surface area (Å²) >= 11 is 0. The Balaban J connectivity index is 2.16. The first-order chi connectivity index (χ1) is 11.6. The fourth-order valence-corrected chi connectivity index (χ4v) is 3.35. The third-order valence-corrected chi connectivity index (χ3v) is 4.58. The number of carbonyl (C=O) groups is 2. The zero-order valence-corrected chi connectivity index (χ0v) is 13.1. The van der Waals surface area contributed by atoms with Crippen LogP contribution in [0.4, 0.5) is 0 Å². The number of carboxylic acid groups (broad SMARTS) is 2. The molecule has 0 aromatic heterocycles. The van der Waals surface area contributed by atoms with Gasteiger partial charge in [0.05, 0.1) is 11.8 Å². The summed E-state index contributed by atoms with van der Waals surface area (Å²) in [6.45, 7) is 0. The number of benzene rings is 2. The van der Waals surface area contributed by atoms with Gasteiger partial charge in [0.25, 0.3) is 0 Å². The van der Waals surface area contributed by atoms with Crippen LogP contribution in [0.3, 0.4) is 0 Å². The number of hydrogen-bond acceptors (Lipinski definition) is 2. The second kappa shape index (κ2) is 6.71. The first-order valence-corrected chi connectivity index (χ1v) is 7.86. The molecule has 2 aromatic rings. The smallest absolute Gasteiger partial charge is 0.307 e. The number of allylic oxidation sites excluding steroid dienone is 2. The van der Waals surface area contributed by atoms with Crippen molar-refractivity contribution in [3.8, 4) is 0 Å². The van der Waals surface area contributed by atoms with Crippen molar-refractivity contribution in [1.82, 2.24) is 0 Å². The molecule has 2 N–H and O–H groups in total. The topological polar surface area (TPSA) is 74.6 Å². The lowest BCUT2D eigenvalue weighted by atomic mass is 9.72. The van der Waals surface area contributed by atoms with Crippen LogP contribution in [-0.4, -0.2) is 22.2 Å². The molecule has 0 heterocycles. The molecule has 0 fully saturated rings. The van der Waals surface area contributed by atoms with E-state index in [1.807, 2.05) is 60.7 Å². The van der Waals surface area contributed by atoms with Gasteiger partial charge in [0, 0.05) is 0 Å². The van der Waals surface area contributed by atoms with Crippen LogP contribution in [0.25, 0.3) is 11.1 Å². The molecule has 24 heavy (non-hydrogen) atoms. The minimum Gasteiger partial charge on any atom is -0.481 e. The molecular formula is C20H18O4. The van der Waals surface area contributed by atoms with Crippen LogP contribution in [0.1, 0.15) is 24.0 Å². The molecule has 1 aliphatic carbocycles. The zero-order chi connectivity index (χ0) is 17.1. The molecule has 0 bridgehead atoms. The molecule has 0 spiro atoms. The van der Waals surface area contributed by atoms with Crippen LogP contribution < -0.4 is 0 Å². The fraction of sp³-hybridized carbons (Fsp3) is 0.200. The van der Waals surface area contributed by atoms with E-state index in [4.69, 9.17) is 0 Å². The van der Waals surface area contributed by atoms with Crippen molar-refractivity contribution in [2.45, 2.75) is 12.8 Å². The third-order valence-electron chi connectivity index (χ3n) is 4.58. The maximum atomic E-state index is 11.6. The third kappa shape index (κ3) is 3.08. The molecule has 122 valence electrons. The Morgan fingerprint density at radius 1 is 0.667 bits per heavy atom. The van der Waals surface area contributed by atoms with Crippen LogP contribution in [0.2, 0.25) is 0 Å². The van der Waals surface area contributed by atoms with Crippen LogP contribution in [0.15, 0.2) is 60.7 Å². The summed E-state index contributed by atoms with van der Waals surface area (Å²) in [6, 6.07) is 19.2. The lowest BCUT2D eigenvalue weighted by Crippen LogP contribution is -2.33. The zero-order valence-electron chi connectivity index (χ0n) is 13.1. The second-order valence-corrected chi connectivity index (χ2v) is 5.99. The van der Waals surface area contributed by atoms with E-state index in [0.717, 1.165) is 22.3 Å².